The minimum atomic E-state index is -0.799. The summed E-state index contributed by atoms with van der Waals surface area (Å²) in [6.07, 6.45) is 0.844. The molecular formula is C13H23N3O3S. The molecule has 2 heterocycles. The van der Waals surface area contributed by atoms with Gasteiger partial charge in [0.1, 0.15) is 0 Å². The molecule has 0 bridgehead atoms. The zero-order chi connectivity index (χ0) is 14.5. The maximum absolute atomic E-state index is 12.5. The normalized spacial score (nSPS) is 25.4. The second kappa shape index (κ2) is 7.17. The van der Waals surface area contributed by atoms with E-state index in [0.29, 0.717) is 18.3 Å². The van der Waals surface area contributed by atoms with Gasteiger partial charge in [-0.15, -0.1) is 0 Å². The predicted molar refractivity (Wildman–Crippen MR) is 79.2 cm³/mol. The van der Waals surface area contributed by atoms with Gasteiger partial charge in [-0.25, -0.2) is 4.79 Å². The molecule has 6 nitrogen and oxygen atoms in total. The highest BCUT2D eigenvalue weighted by molar-refractivity contribution is 7.99. The highest BCUT2D eigenvalue weighted by Gasteiger charge is 2.27. The molecule has 0 radical (unpaired) electrons. The van der Waals surface area contributed by atoms with Gasteiger partial charge < -0.3 is 14.9 Å². The summed E-state index contributed by atoms with van der Waals surface area (Å²) in [5.74, 6) is 0.206. The van der Waals surface area contributed by atoms with Crippen LogP contribution in [0.3, 0.4) is 0 Å². The Hall–Kier alpha value is -0.950. The third-order valence-corrected chi connectivity index (χ3v) is 4.87. The number of thioether (sulfide) groups is 1. The molecule has 2 fully saturated rings. The van der Waals surface area contributed by atoms with Crippen molar-refractivity contribution in [2.75, 3.05) is 51.6 Å². The molecule has 0 spiro atoms. The lowest BCUT2D eigenvalue weighted by Gasteiger charge is -2.34. The van der Waals surface area contributed by atoms with Crippen molar-refractivity contribution in [1.29, 1.82) is 0 Å². The number of carbonyl (C=O) groups is 2. The topological polar surface area (TPSA) is 64.1 Å². The minimum Gasteiger partial charge on any atom is -0.480 e. The molecule has 2 amide bonds. The molecule has 1 atom stereocenters. The van der Waals surface area contributed by atoms with Crippen molar-refractivity contribution in [3.63, 3.8) is 0 Å². The molecule has 114 valence electrons. The SMILES string of the molecule is CC1CN(C(=O)N2CCCN(CC(=O)O)CC2)CCS1. The molecule has 0 saturated carbocycles. The molecule has 7 heteroatoms. The highest BCUT2D eigenvalue weighted by atomic mass is 32.2. The first kappa shape index (κ1) is 15.4. The van der Waals surface area contributed by atoms with E-state index in [2.05, 4.69) is 6.92 Å². The van der Waals surface area contributed by atoms with Gasteiger partial charge in [0.05, 0.1) is 6.54 Å². The summed E-state index contributed by atoms with van der Waals surface area (Å²) in [7, 11) is 0. The van der Waals surface area contributed by atoms with Crippen LogP contribution in [0.1, 0.15) is 13.3 Å². The number of hydrogen-bond acceptors (Lipinski definition) is 4. The first-order chi connectivity index (χ1) is 9.56. The molecule has 2 rings (SSSR count). The van der Waals surface area contributed by atoms with Crippen LogP contribution >= 0.6 is 11.8 Å². The Morgan fingerprint density at radius 3 is 2.65 bits per heavy atom. The van der Waals surface area contributed by atoms with Crippen LogP contribution in [-0.4, -0.2) is 88.6 Å². The van der Waals surface area contributed by atoms with Gasteiger partial charge in [-0.05, 0) is 6.42 Å². The van der Waals surface area contributed by atoms with E-state index in [9.17, 15) is 9.59 Å². The van der Waals surface area contributed by atoms with Crippen LogP contribution in [0.4, 0.5) is 4.79 Å². The average molecular weight is 301 g/mol. The summed E-state index contributed by atoms with van der Waals surface area (Å²) in [6, 6.07) is 0.120. The quantitative estimate of drug-likeness (QED) is 0.811. The van der Waals surface area contributed by atoms with E-state index in [1.165, 1.54) is 0 Å². The molecular weight excluding hydrogens is 278 g/mol. The van der Waals surface area contributed by atoms with Gasteiger partial charge in [0.2, 0.25) is 0 Å². The third kappa shape index (κ3) is 4.28. The number of carbonyl (C=O) groups excluding carboxylic acids is 1. The summed E-state index contributed by atoms with van der Waals surface area (Å²) >= 11 is 1.91. The fraction of sp³-hybridized carbons (Fsp3) is 0.846. The number of hydrogen-bond donors (Lipinski definition) is 1. The summed E-state index contributed by atoms with van der Waals surface area (Å²) in [6.45, 7) is 6.62. The number of aliphatic carboxylic acids is 1. The van der Waals surface area contributed by atoms with Crippen molar-refractivity contribution in [2.45, 2.75) is 18.6 Å². The maximum Gasteiger partial charge on any atom is 0.320 e. The third-order valence-electron chi connectivity index (χ3n) is 3.73. The van der Waals surface area contributed by atoms with E-state index in [4.69, 9.17) is 5.11 Å². The van der Waals surface area contributed by atoms with Crippen molar-refractivity contribution in [3.8, 4) is 0 Å². The monoisotopic (exact) mass is 301 g/mol. The van der Waals surface area contributed by atoms with E-state index >= 15 is 0 Å². The molecule has 2 aliphatic rings. The van der Waals surface area contributed by atoms with Crippen LogP contribution in [-0.2, 0) is 4.79 Å². The molecule has 0 aromatic heterocycles. The Kier molecular flexibility index (Phi) is 5.54. The second-order valence-corrected chi connectivity index (χ2v) is 6.97. The molecule has 1 unspecified atom stereocenters. The van der Waals surface area contributed by atoms with E-state index in [-0.39, 0.29) is 12.6 Å². The zero-order valence-corrected chi connectivity index (χ0v) is 12.8. The van der Waals surface area contributed by atoms with Gasteiger partial charge in [0, 0.05) is 50.3 Å². The molecule has 0 aromatic rings. The van der Waals surface area contributed by atoms with E-state index in [0.717, 1.165) is 38.4 Å². The van der Waals surface area contributed by atoms with Gasteiger partial charge in [-0.2, -0.15) is 11.8 Å². The standard InChI is InChI=1S/C13H23N3O3S/c1-11-9-16(7-8-20-11)13(19)15-4-2-3-14(5-6-15)10-12(17)18/h11H,2-10H2,1H3,(H,17,18). The Morgan fingerprint density at radius 2 is 1.95 bits per heavy atom. The van der Waals surface area contributed by atoms with Crippen molar-refractivity contribution in [3.05, 3.63) is 0 Å². The van der Waals surface area contributed by atoms with Crippen molar-refractivity contribution in [2.24, 2.45) is 0 Å². The van der Waals surface area contributed by atoms with Crippen LogP contribution in [0.5, 0.6) is 0 Å². The Labute approximate surface area is 124 Å². The fourth-order valence-electron chi connectivity index (χ4n) is 2.70. The first-order valence-electron chi connectivity index (χ1n) is 7.16. The molecule has 20 heavy (non-hydrogen) atoms. The molecule has 0 aromatic carbocycles. The summed E-state index contributed by atoms with van der Waals surface area (Å²) in [5, 5.41) is 9.34. The van der Waals surface area contributed by atoms with Crippen molar-refractivity contribution in [1.82, 2.24) is 14.7 Å². The second-order valence-electron chi connectivity index (χ2n) is 5.42. The van der Waals surface area contributed by atoms with E-state index in [1.807, 2.05) is 26.5 Å². The smallest absolute Gasteiger partial charge is 0.320 e. The van der Waals surface area contributed by atoms with E-state index < -0.39 is 5.97 Å². The summed E-state index contributed by atoms with van der Waals surface area (Å²) < 4.78 is 0. The molecule has 2 saturated heterocycles. The van der Waals surface area contributed by atoms with E-state index in [1.54, 1.807) is 0 Å². The number of carboxylic acids is 1. The van der Waals surface area contributed by atoms with Gasteiger partial charge in [0.25, 0.3) is 0 Å². The Morgan fingerprint density at radius 1 is 1.15 bits per heavy atom. The van der Waals surface area contributed by atoms with Crippen LogP contribution < -0.4 is 0 Å². The Bertz CT molecular complexity index is 367. The number of rotatable bonds is 2. The predicted octanol–water partition coefficient (Wildman–Crippen LogP) is 0.636. The Balaban J connectivity index is 1.86. The zero-order valence-electron chi connectivity index (χ0n) is 12.0. The largest absolute Gasteiger partial charge is 0.480 e. The lowest BCUT2D eigenvalue weighted by Crippen LogP contribution is -2.49. The highest BCUT2D eigenvalue weighted by Crippen LogP contribution is 2.19. The molecule has 1 N–H and O–H groups in total. The fourth-order valence-corrected chi connectivity index (χ4v) is 3.72. The van der Waals surface area contributed by atoms with Crippen LogP contribution in [0.2, 0.25) is 0 Å². The number of urea groups is 1. The van der Waals surface area contributed by atoms with Crippen LogP contribution in [0.25, 0.3) is 0 Å². The molecule has 2 aliphatic heterocycles. The number of nitrogens with zero attached hydrogens (tertiary/aromatic N) is 3. The summed E-state index contributed by atoms with van der Waals surface area (Å²) in [4.78, 5) is 29.0. The van der Waals surface area contributed by atoms with Gasteiger partial charge in [-0.3, -0.25) is 9.69 Å². The lowest BCUT2D eigenvalue weighted by molar-refractivity contribution is -0.138. The van der Waals surface area contributed by atoms with Crippen LogP contribution in [0, 0.1) is 0 Å². The van der Waals surface area contributed by atoms with Crippen molar-refractivity contribution < 1.29 is 14.7 Å². The van der Waals surface area contributed by atoms with Gasteiger partial charge in [-0.1, -0.05) is 6.92 Å². The van der Waals surface area contributed by atoms with Crippen molar-refractivity contribution >= 4 is 23.8 Å². The molecule has 0 aliphatic carbocycles. The lowest BCUT2D eigenvalue weighted by atomic mass is 10.3. The maximum atomic E-state index is 12.5. The van der Waals surface area contributed by atoms with Gasteiger partial charge in [0.15, 0.2) is 0 Å². The number of amides is 2. The van der Waals surface area contributed by atoms with Gasteiger partial charge >= 0.3 is 12.0 Å². The average Bonchev–Trinajstić information content (AvgIpc) is 2.63. The first-order valence-corrected chi connectivity index (χ1v) is 8.20. The van der Waals surface area contributed by atoms with Crippen LogP contribution in [0.15, 0.2) is 0 Å². The minimum absolute atomic E-state index is 0.0689. The summed E-state index contributed by atoms with van der Waals surface area (Å²) in [5.41, 5.74) is 0. The number of carboxylic acid groups (broad SMARTS) is 1.